The number of allylic oxidation sites excluding steroid dienone is 4. The maximum atomic E-state index is 6.01. The molecule has 176 valence electrons. The molecule has 1 saturated heterocycles. The fourth-order valence-electron chi connectivity index (χ4n) is 3.93. The minimum Gasteiger partial charge on any atom is -0.501 e. The molecule has 1 aliphatic carbocycles. The second-order valence-electron chi connectivity index (χ2n) is 8.20. The van der Waals surface area contributed by atoms with Gasteiger partial charge >= 0.3 is 6.01 Å². The number of aromatic amines is 1. The van der Waals surface area contributed by atoms with Crippen LogP contribution in [0.4, 0.5) is 11.8 Å². The number of nitrogens with zero attached hydrogens (tertiary/aromatic N) is 5. The third-order valence-corrected chi connectivity index (χ3v) is 5.81. The first kappa shape index (κ1) is 22.0. The molecule has 1 fully saturated rings. The maximum absolute atomic E-state index is 6.01. The lowest BCUT2D eigenvalue weighted by Gasteiger charge is -2.29. The lowest BCUT2D eigenvalue weighted by atomic mass is 10.2. The van der Waals surface area contributed by atoms with Gasteiger partial charge < -0.3 is 29.0 Å². The Hall–Kier alpha value is -3.85. The van der Waals surface area contributed by atoms with Crippen LogP contribution in [0.2, 0.25) is 0 Å². The second kappa shape index (κ2) is 9.56. The smallest absolute Gasteiger partial charge is 0.301 e. The molecule has 0 saturated carbocycles. The van der Waals surface area contributed by atoms with Gasteiger partial charge in [-0.05, 0) is 42.8 Å². The number of H-pyrrole nitrogens is 1. The first-order valence-electron chi connectivity index (χ1n) is 11.3. The van der Waals surface area contributed by atoms with Crippen molar-refractivity contribution in [3.05, 3.63) is 65.6 Å². The molecule has 0 atom stereocenters. The summed E-state index contributed by atoms with van der Waals surface area (Å²) >= 11 is 0. The van der Waals surface area contributed by atoms with Gasteiger partial charge in [-0.25, -0.2) is 0 Å². The summed E-state index contributed by atoms with van der Waals surface area (Å²) in [7, 11) is 3.63. The first-order valence-corrected chi connectivity index (χ1v) is 11.3. The number of anilines is 2. The summed E-state index contributed by atoms with van der Waals surface area (Å²) in [4.78, 5) is 21.8. The van der Waals surface area contributed by atoms with Gasteiger partial charge in [-0.3, -0.25) is 0 Å². The summed E-state index contributed by atoms with van der Waals surface area (Å²) in [6, 6.07) is 8.23. The molecule has 0 bridgehead atoms. The Morgan fingerprint density at radius 2 is 1.97 bits per heavy atom. The zero-order valence-corrected chi connectivity index (χ0v) is 19.6. The Morgan fingerprint density at radius 1 is 1.12 bits per heavy atom. The van der Waals surface area contributed by atoms with E-state index in [9.17, 15) is 0 Å². The number of fused-ring (bicyclic) bond motifs is 1. The number of hydrogen-bond acceptors (Lipinski definition) is 8. The topological polar surface area (TPSA) is 88.6 Å². The van der Waals surface area contributed by atoms with E-state index in [-0.39, 0.29) is 0 Å². The summed E-state index contributed by atoms with van der Waals surface area (Å²) in [5.74, 6) is 2.95. The number of hydrogen-bond donors (Lipinski definition) is 1. The molecule has 1 aliphatic heterocycles. The average Bonchev–Trinajstić information content (AvgIpc) is 3.10. The number of aryl methyl sites for hydroxylation is 1. The summed E-state index contributed by atoms with van der Waals surface area (Å²) in [6.45, 7) is 4.80. The van der Waals surface area contributed by atoms with E-state index in [2.05, 4.69) is 20.9 Å². The number of ether oxygens (including phenoxy) is 3. The second-order valence-corrected chi connectivity index (χ2v) is 8.20. The monoisotopic (exact) mass is 460 g/mol. The number of morpholine rings is 1. The number of benzene rings is 1. The Bertz CT molecular complexity index is 1270. The van der Waals surface area contributed by atoms with E-state index >= 15 is 0 Å². The minimum absolute atomic E-state index is 0.380. The molecule has 2 aromatic heterocycles. The lowest BCUT2D eigenvalue weighted by Crippen LogP contribution is -2.37. The van der Waals surface area contributed by atoms with E-state index in [0.29, 0.717) is 36.6 Å². The molecular weight excluding hydrogens is 432 g/mol. The molecule has 34 heavy (non-hydrogen) atoms. The zero-order valence-electron chi connectivity index (χ0n) is 19.6. The van der Waals surface area contributed by atoms with Gasteiger partial charge in [0.2, 0.25) is 5.95 Å². The zero-order chi connectivity index (χ0) is 23.5. The van der Waals surface area contributed by atoms with Crippen molar-refractivity contribution in [1.29, 1.82) is 0 Å². The normalized spacial score (nSPS) is 16.1. The van der Waals surface area contributed by atoms with Crippen molar-refractivity contribution in [3.8, 4) is 11.8 Å². The van der Waals surface area contributed by atoms with E-state index < -0.39 is 0 Å². The van der Waals surface area contributed by atoms with E-state index in [1.807, 2.05) is 61.4 Å². The highest BCUT2D eigenvalue weighted by Crippen LogP contribution is 2.30. The highest BCUT2D eigenvalue weighted by molar-refractivity contribution is 5.85. The van der Waals surface area contributed by atoms with Crippen LogP contribution in [0.1, 0.15) is 12.0 Å². The van der Waals surface area contributed by atoms with Gasteiger partial charge in [0, 0.05) is 32.3 Å². The van der Waals surface area contributed by atoms with Crippen molar-refractivity contribution in [2.75, 3.05) is 50.3 Å². The van der Waals surface area contributed by atoms with Crippen molar-refractivity contribution >= 4 is 22.9 Å². The van der Waals surface area contributed by atoms with Crippen LogP contribution in [0.25, 0.3) is 11.2 Å². The Labute approximate surface area is 198 Å². The summed E-state index contributed by atoms with van der Waals surface area (Å²) in [5, 5.41) is 0. The van der Waals surface area contributed by atoms with Crippen LogP contribution in [0.3, 0.4) is 0 Å². The molecule has 0 unspecified atom stereocenters. The van der Waals surface area contributed by atoms with Crippen LogP contribution >= 0.6 is 0 Å². The number of nitrogens with one attached hydrogen (secondary N) is 1. The van der Waals surface area contributed by atoms with Crippen LogP contribution in [0.15, 0.2) is 60.0 Å². The van der Waals surface area contributed by atoms with Crippen molar-refractivity contribution in [3.63, 3.8) is 0 Å². The van der Waals surface area contributed by atoms with Crippen LogP contribution in [-0.4, -0.2) is 60.4 Å². The third-order valence-electron chi connectivity index (χ3n) is 5.81. The van der Waals surface area contributed by atoms with Crippen LogP contribution in [0, 0.1) is 6.92 Å². The molecule has 0 spiro atoms. The Morgan fingerprint density at radius 3 is 2.76 bits per heavy atom. The van der Waals surface area contributed by atoms with Crippen LogP contribution in [0.5, 0.6) is 11.8 Å². The largest absolute Gasteiger partial charge is 0.501 e. The first-order chi connectivity index (χ1) is 16.6. The molecule has 5 rings (SSSR count). The van der Waals surface area contributed by atoms with E-state index in [0.717, 1.165) is 47.9 Å². The standard InChI is InChI=1S/C25H28N6O3/c1-17-6-4-9-20(16-17)34-25-26-21-22(28-25)27-24(29-23(21)31-12-14-33-15-13-31)30(2)18-7-5-8-19(32-3)11-10-18/h4-7,9-11,16H,8,12-15H2,1-3H3,(H,26,27,28,29). The quantitative estimate of drug-likeness (QED) is 0.588. The highest BCUT2D eigenvalue weighted by atomic mass is 16.5. The van der Waals surface area contributed by atoms with Gasteiger partial charge in [0.15, 0.2) is 11.5 Å². The predicted octanol–water partition coefficient (Wildman–Crippen LogP) is 4.10. The number of rotatable bonds is 6. The molecular formula is C25H28N6O3. The fraction of sp³-hybridized carbons (Fsp3) is 0.320. The van der Waals surface area contributed by atoms with Gasteiger partial charge in [-0.15, -0.1) is 0 Å². The molecule has 0 radical (unpaired) electrons. The van der Waals surface area contributed by atoms with Gasteiger partial charge in [-0.2, -0.15) is 15.0 Å². The molecule has 3 aromatic rings. The van der Waals surface area contributed by atoms with E-state index in [4.69, 9.17) is 24.2 Å². The molecule has 1 N–H and O–H groups in total. The van der Waals surface area contributed by atoms with E-state index in [1.54, 1.807) is 7.11 Å². The third kappa shape index (κ3) is 4.60. The number of imidazole rings is 1. The van der Waals surface area contributed by atoms with Crippen LogP contribution < -0.4 is 14.5 Å². The Kier molecular flexibility index (Phi) is 6.18. The SMILES string of the molecule is COC1=CC=C(N(C)c2nc(N3CCOCC3)c3[nH]c(Oc4cccc(C)c4)nc3n2)C=CC1. The number of aromatic nitrogens is 4. The maximum Gasteiger partial charge on any atom is 0.301 e. The van der Waals surface area contributed by atoms with Gasteiger partial charge in [0.25, 0.3) is 0 Å². The van der Waals surface area contributed by atoms with Crippen LogP contribution in [-0.2, 0) is 9.47 Å². The van der Waals surface area contributed by atoms with Gasteiger partial charge in [-0.1, -0.05) is 18.2 Å². The predicted molar refractivity (Wildman–Crippen MR) is 131 cm³/mol. The van der Waals surface area contributed by atoms with Crippen molar-refractivity contribution in [1.82, 2.24) is 19.9 Å². The summed E-state index contributed by atoms with van der Waals surface area (Å²) in [5.41, 5.74) is 3.36. The van der Waals surface area contributed by atoms with Crippen molar-refractivity contribution < 1.29 is 14.2 Å². The molecule has 3 heterocycles. The van der Waals surface area contributed by atoms with Crippen molar-refractivity contribution in [2.45, 2.75) is 13.3 Å². The number of methoxy groups -OCH3 is 1. The average molecular weight is 461 g/mol. The molecule has 1 aromatic carbocycles. The van der Waals surface area contributed by atoms with Gasteiger partial charge in [0.05, 0.1) is 26.1 Å². The molecule has 2 aliphatic rings. The van der Waals surface area contributed by atoms with Crippen molar-refractivity contribution in [2.24, 2.45) is 0 Å². The summed E-state index contributed by atoms with van der Waals surface area (Å²) < 4.78 is 17.0. The summed E-state index contributed by atoms with van der Waals surface area (Å²) in [6.07, 6.45) is 8.81. The fourth-order valence-corrected chi connectivity index (χ4v) is 3.93. The molecule has 9 heteroatoms. The van der Waals surface area contributed by atoms with Gasteiger partial charge in [0.1, 0.15) is 11.3 Å². The minimum atomic E-state index is 0.380. The molecule has 9 nitrogen and oxygen atoms in total. The highest BCUT2D eigenvalue weighted by Gasteiger charge is 2.22. The van der Waals surface area contributed by atoms with E-state index in [1.165, 1.54) is 0 Å². The Balaban J connectivity index is 1.54. The number of likely N-dealkylation sites (N-methyl/N-ethyl adjacent to an activating group) is 1. The lowest BCUT2D eigenvalue weighted by molar-refractivity contribution is 0.122. The molecule has 0 amide bonds.